The second-order valence-electron chi connectivity index (χ2n) is 7.58. The molecule has 1 aliphatic rings. The predicted octanol–water partition coefficient (Wildman–Crippen LogP) is 2.42. The topological polar surface area (TPSA) is 101 Å². The summed E-state index contributed by atoms with van der Waals surface area (Å²) in [5.74, 6) is -3.18. The van der Waals surface area contributed by atoms with Crippen molar-refractivity contribution < 1.29 is 19.8 Å². The number of hydrogen-bond acceptors (Lipinski definition) is 3. The Bertz CT molecular complexity index is 620. The highest BCUT2D eigenvalue weighted by molar-refractivity contribution is 5.83. The third kappa shape index (κ3) is 3.72. The molecule has 0 radical (unpaired) electrons. The molecule has 0 heterocycles. The molecule has 3 atom stereocenters. The molecule has 5 nitrogen and oxygen atoms in total. The minimum absolute atomic E-state index is 0.0213. The molecule has 0 aliphatic heterocycles. The second kappa shape index (κ2) is 5.96. The first-order valence-corrected chi connectivity index (χ1v) is 7.90. The van der Waals surface area contributed by atoms with Crippen molar-refractivity contribution in [3.05, 3.63) is 35.4 Å². The maximum Gasteiger partial charge on any atom is 0.324 e. The van der Waals surface area contributed by atoms with E-state index in [1.807, 2.05) is 12.1 Å². The van der Waals surface area contributed by atoms with Gasteiger partial charge < -0.3 is 15.9 Å². The highest BCUT2D eigenvalue weighted by atomic mass is 16.4. The minimum atomic E-state index is -1.47. The Morgan fingerprint density at radius 3 is 2.39 bits per heavy atom. The van der Waals surface area contributed by atoms with E-state index >= 15 is 0 Å². The highest BCUT2D eigenvalue weighted by Crippen LogP contribution is 2.47. The Balaban J connectivity index is 2.11. The number of carboxylic acid groups (broad SMARTS) is 2. The van der Waals surface area contributed by atoms with Gasteiger partial charge in [0.15, 0.2) is 0 Å². The van der Waals surface area contributed by atoms with Crippen molar-refractivity contribution in [3.8, 4) is 0 Å². The first-order chi connectivity index (χ1) is 10.6. The van der Waals surface area contributed by atoms with Crippen LogP contribution in [-0.4, -0.2) is 27.7 Å². The Morgan fingerprint density at radius 2 is 1.91 bits per heavy atom. The van der Waals surface area contributed by atoms with Crippen LogP contribution in [0.25, 0.3) is 0 Å². The summed E-state index contributed by atoms with van der Waals surface area (Å²) in [4.78, 5) is 22.6. The second-order valence-corrected chi connectivity index (χ2v) is 7.58. The van der Waals surface area contributed by atoms with Crippen LogP contribution in [0.4, 0.5) is 0 Å². The fraction of sp³-hybridized carbons (Fsp3) is 0.556. The molecule has 0 spiro atoms. The zero-order chi connectivity index (χ0) is 17.4. The van der Waals surface area contributed by atoms with E-state index in [0.29, 0.717) is 12.8 Å². The van der Waals surface area contributed by atoms with Crippen LogP contribution in [-0.2, 0) is 21.4 Å². The predicted molar refractivity (Wildman–Crippen MR) is 87.3 cm³/mol. The largest absolute Gasteiger partial charge is 0.481 e. The fourth-order valence-electron chi connectivity index (χ4n) is 3.03. The van der Waals surface area contributed by atoms with Gasteiger partial charge in [0.25, 0.3) is 0 Å². The van der Waals surface area contributed by atoms with Crippen molar-refractivity contribution in [2.24, 2.45) is 17.6 Å². The smallest absolute Gasteiger partial charge is 0.324 e. The van der Waals surface area contributed by atoms with Gasteiger partial charge in [-0.3, -0.25) is 9.59 Å². The van der Waals surface area contributed by atoms with Gasteiger partial charge in [-0.1, -0.05) is 45.0 Å². The molecule has 1 aromatic rings. The van der Waals surface area contributed by atoms with Crippen molar-refractivity contribution in [2.45, 2.75) is 51.0 Å². The van der Waals surface area contributed by atoms with Crippen LogP contribution in [0, 0.1) is 11.8 Å². The molecular formula is C18H25NO4. The Hall–Kier alpha value is -1.88. The van der Waals surface area contributed by atoms with Crippen molar-refractivity contribution in [1.29, 1.82) is 0 Å². The Morgan fingerprint density at radius 1 is 1.26 bits per heavy atom. The van der Waals surface area contributed by atoms with E-state index in [1.165, 1.54) is 5.56 Å². The summed E-state index contributed by atoms with van der Waals surface area (Å²) in [6.07, 6.45) is 1.11. The summed E-state index contributed by atoms with van der Waals surface area (Å²) < 4.78 is 0. The molecule has 1 aliphatic carbocycles. The molecule has 5 heteroatoms. The molecule has 0 aromatic heterocycles. The highest BCUT2D eigenvalue weighted by Gasteiger charge is 2.57. The summed E-state index contributed by atoms with van der Waals surface area (Å²) in [5.41, 5.74) is 6.84. The third-order valence-electron chi connectivity index (χ3n) is 4.79. The van der Waals surface area contributed by atoms with Crippen LogP contribution in [0.5, 0.6) is 0 Å². The third-order valence-corrected chi connectivity index (χ3v) is 4.79. The van der Waals surface area contributed by atoms with Gasteiger partial charge in [0.2, 0.25) is 0 Å². The summed E-state index contributed by atoms with van der Waals surface area (Å²) in [7, 11) is 0. The molecule has 23 heavy (non-hydrogen) atoms. The van der Waals surface area contributed by atoms with E-state index in [4.69, 9.17) is 10.8 Å². The van der Waals surface area contributed by atoms with Crippen LogP contribution in [0.2, 0.25) is 0 Å². The van der Waals surface area contributed by atoms with E-state index < -0.39 is 29.3 Å². The number of aryl methyl sites for hydroxylation is 1. The van der Waals surface area contributed by atoms with E-state index in [1.54, 1.807) is 0 Å². The first kappa shape index (κ1) is 17.5. The molecule has 1 saturated carbocycles. The average Bonchev–Trinajstić information content (AvgIpc) is 3.25. The van der Waals surface area contributed by atoms with Gasteiger partial charge in [-0.05, 0) is 35.8 Å². The number of carbonyl (C=O) groups is 2. The van der Waals surface area contributed by atoms with Gasteiger partial charge in [-0.2, -0.15) is 0 Å². The molecule has 126 valence electrons. The molecule has 4 N–H and O–H groups in total. The van der Waals surface area contributed by atoms with Gasteiger partial charge in [-0.15, -0.1) is 0 Å². The molecule has 1 unspecified atom stereocenters. The van der Waals surface area contributed by atoms with Crippen molar-refractivity contribution >= 4 is 11.9 Å². The Labute approximate surface area is 136 Å². The van der Waals surface area contributed by atoms with Crippen molar-refractivity contribution in [3.63, 3.8) is 0 Å². The number of hydrogen-bond donors (Lipinski definition) is 3. The normalized spacial score (nSPS) is 23.1. The number of aliphatic carboxylic acids is 2. The lowest BCUT2D eigenvalue weighted by Crippen LogP contribution is -2.51. The zero-order valence-corrected chi connectivity index (χ0v) is 13.9. The van der Waals surface area contributed by atoms with Gasteiger partial charge in [0, 0.05) is 5.92 Å². The maximum absolute atomic E-state index is 11.6. The quantitative estimate of drug-likeness (QED) is 0.747. The van der Waals surface area contributed by atoms with E-state index in [0.717, 1.165) is 5.56 Å². The van der Waals surface area contributed by atoms with Gasteiger partial charge in [-0.25, -0.2) is 0 Å². The van der Waals surface area contributed by atoms with E-state index in [2.05, 4.69) is 32.9 Å². The lowest BCUT2D eigenvalue weighted by atomic mass is 9.83. The number of carboxylic acids is 2. The van der Waals surface area contributed by atoms with E-state index in [-0.39, 0.29) is 11.8 Å². The summed E-state index contributed by atoms with van der Waals surface area (Å²) >= 11 is 0. The van der Waals surface area contributed by atoms with E-state index in [9.17, 15) is 14.7 Å². The van der Waals surface area contributed by atoms with Crippen molar-refractivity contribution in [1.82, 2.24) is 0 Å². The lowest BCUT2D eigenvalue weighted by Gasteiger charge is -2.25. The molecule has 0 bridgehead atoms. The molecule has 1 fully saturated rings. The van der Waals surface area contributed by atoms with Crippen molar-refractivity contribution in [2.75, 3.05) is 0 Å². The van der Waals surface area contributed by atoms with Gasteiger partial charge in [0.1, 0.15) is 5.54 Å². The SMILES string of the molecule is CC(C)(C)c1cccc(CCC(N)(C(=O)O)[C@H]2C[C@@H]2C(=O)O)c1. The molecule has 0 saturated heterocycles. The van der Waals surface area contributed by atoms with Gasteiger partial charge in [0.05, 0.1) is 5.92 Å². The van der Waals surface area contributed by atoms with Crippen LogP contribution in [0.1, 0.15) is 44.7 Å². The van der Waals surface area contributed by atoms with Gasteiger partial charge >= 0.3 is 11.9 Å². The Kier molecular flexibility index (Phi) is 4.53. The average molecular weight is 319 g/mol. The fourth-order valence-corrected chi connectivity index (χ4v) is 3.03. The van der Waals surface area contributed by atoms with Crippen LogP contribution in [0.15, 0.2) is 24.3 Å². The number of rotatable bonds is 6. The number of nitrogens with two attached hydrogens (primary N) is 1. The maximum atomic E-state index is 11.6. The standard InChI is InChI=1S/C18H25NO4/c1-17(2,3)12-6-4-5-11(9-12)7-8-18(19,16(22)23)14-10-13(14)15(20)21/h4-6,9,13-14H,7-8,10,19H2,1-3H3,(H,20,21)(H,22,23)/t13-,14-,18?/m0/s1. The minimum Gasteiger partial charge on any atom is -0.481 e. The molecular weight excluding hydrogens is 294 g/mol. The summed E-state index contributed by atoms with van der Waals surface area (Å²) in [5, 5.41) is 18.5. The first-order valence-electron chi connectivity index (χ1n) is 7.90. The monoisotopic (exact) mass is 319 g/mol. The molecule has 1 aromatic carbocycles. The zero-order valence-electron chi connectivity index (χ0n) is 13.9. The van der Waals surface area contributed by atoms with Crippen LogP contribution >= 0.6 is 0 Å². The number of benzene rings is 1. The summed E-state index contributed by atoms with van der Waals surface area (Å²) in [6, 6.07) is 8.05. The molecule has 0 amide bonds. The summed E-state index contributed by atoms with van der Waals surface area (Å²) in [6.45, 7) is 6.37. The van der Waals surface area contributed by atoms with Crippen LogP contribution in [0.3, 0.4) is 0 Å². The lowest BCUT2D eigenvalue weighted by molar-refractivity contribution is -0.145. The molecule has 2 rings (SSSR count). The van der Waals surface area contributed by atoms with Crippen LogP contribution < -0.4 is 5.73 Å².